The minimum Gasteiger partial charge on any atom is -0.395 e. The molecule has 1 aliphatic rings. The van der Waals surface area contributed by atoms with Crippen LogP contribution in [-0.2, 0) is 6.54 Å². The number of rotatable bonds is 4. The Balaban J connectivity index is 1.80. The molecule has 6 heteroatoms. The Hall–Kier alpha value is -0.880. The normalized spacial score (nSPS) is 23.6. The Labute approximate surface area is 133 Å². The predicted molar refractivity (Wildman–Crippen MR) is 84.5 cm³/mol. The quantitative estimate of drug-likeness (QED) is 0.931. The molecule has 1 N–H and O–H groups in total. The zero-order valence-corrected chi connectivity index (χ0v) is 13.5. The van der Waals surface area contributed by atoms with Gasteiger partial charge in [0.15, 0.2) is 5.76 Å². The molecule has 4 nitrogen and oxygen atoms in total. The average Bonchev–Trinajstić information content (AvgIpc) is 3.08. The fraction of sp³-hybridized carbons (Fsp3) is 0.533. The fourth-order valence-corrected chi connectivity index (χ4v) is 4.11. The lowest BCUT2D eigenvalue weighted by Gasteiger charge is -2.38. The van der Waals surface area contributed by atoms with Gasteiger partial charge in [0, 0.05) is 18.2 Å². The molecule has 2 aromatic rings. The lowest BCUT2D eigenvalue weighted by atomic mass is 9.91. The number of likely N-dealkylation sites (tertiary alicyclic amines) is 1. The molecule has 21 heavy (non-hydrogen) atoms. The molecular weight excluding hydrogens is 308 g/mol. The van der Waals surface area contributed by atoms with E-state index in [1.165, 1.54) is 24.2 Å². The molecule has 2 unspecified atom stereocenters. The maximum atomic E-state index is 9.65. The van der Waals surface area contributed by atoms with Crippen LogP contribution in [-0.4, -0.2) is 34.4 Å². The van der Waals surface area contributed by atoms with E-state index in [9.17, 15) is 5.11 Å². The fourth-order valence-electron chi connectivity index (χ4n) is 3.06. The van der Waals surface area contributed by atoms with E-state index in [0.29, 0.717) is 5.92 Å². The lowest BCUT2D eigenvalue weighted by molar-refractivity contribution is 0.0473. The first-order chi connectivity index (χ1) is 10.2. The maximum absolute atomic E-state index is 9.65. The summed E-state index contributed by atoms with van der Waals surface area (Å²) in [6.45, 7) is 4.17. The number of hydrogen-bond acceptors (Lipinski definition) is 5. The molecule has 0 bridgehead atoms. The second-order valence-corrected chi connectivity index (χ2v) is 7.34. The molecule has 0 aliphatic carbocycles. The van der Waals surface area contributed by atoms with Crippen molar-refractivity contribution < 1.29 is 9.63 Å². The molecule has 1 aliphatic heterocycles. The summed E-state index contributed by atoms with van der Waals surface area (Å²) in [7, 11) is 0. The average molecular weight is 327 g/mol. The van der Waals surface area contributed by atoms with Crippen LogP contribution in [0.2, 0.25) is 4.34 Å². The highest BCUT2D eigenvalue weighted by Gasteiger charge is 2.29. The largest absolute Gasteiger partial charge is 0.395 e. The summed E-state index contributed by atoms with van der Waals surface area (Å²) in [6.07, 6.45) is 4.12. The number of aliphatic hydroxyl groups is 1. The first-order valence-corrected chi connectivity index (χ1v) is 8.42. The highest BCUT2D eigenvalue weighted by atomic mass is 35.5. The van der Waals surface area contributed by atoms with E-state index in [2.05, 4.69) is 17.0 Å². The van der Waals surface area contributed by atoms with Crippen molar-refractivity contribution >= 4 is 22.9 Å². The Kier molecular flexibility index (Phi) is 4.64. The van der Waals surface area contributed by atoms with Crippen LogP contribution in [0.5, 0.6) is 0 Å². The first-order valence-electron chi connectivity index (χ1n) is 7.23. The standard InChI is InChI=1S/C15H19ClN2O2S/c1-10-3-2-6-18(12(10)9-19)8-11-7-17-20-15(11)13-4-5-14(16)21-13/h4-5,7,10,12,19H,2-3,6,8-9H2,1H3. The van der Waals surface area contributed by atoms with Crippen LogP contribution in [0.4, 0.5) is 0 Å². The van der Waals surface area contributed by atoms with Crippen LogP contribution in [0.25, 0.3) is 10.6 Å². The number of thiophene rings is 1. The zero-order valence-electron chi connectivity index (χ0n) is 12.0. The molecule has 3 heterocycles. The van der Waals surface area contributed by atoms with Gasteiger partial charge in [0.2, 0.25) is 0 Å². The Morgan fingerprint density at radius 2 is 2.38 bits per heavy atom. The molecule has 0 saturated carbocycles. The van der Waals surface area contributed by atoms with E-state index in [-0.39, 0.29) is 12.6 Å². The smallest absolute Gasteiger partial charge is 0.181 e. The van der Waals surface area contributed by atoms with Crippen LogP contribution >= 0.6 is 22.9 Å². The topological polar surface area (TPSA) is 49.5 Å². The molecular formula is C15H19ClN2O2S. The third-order valence-corrected chi connectivity index (χ3v) is 5.46. The van der Waals surface area contributed by atoms with Gasteiger partial charge in [0.25, 0.3) is 0 Å². The summed E-state index contributed by atoms with van der Waals surface area (Å²) in [4.78, 5) is 3.33. The molecule has 3 rings (SSSR count). The minimum atomic E-state index is 0.201. The zero-order chi connectivity index (χ0) is 14.8. The van der Waals surface area contributed by atoms with Gasteiger partial charge in [-0.25, -0.2) is 0 Å². The van der Waals surface area contributed by atoms with Gasteiger partial charge in [-0.2, -0.15) is 0 Å². The summed E-state index contributed by atoms with van der Waals surface area (Å²) in [5, 5.41) is 13.6. The van der Waals surface area contributed by atoms with E-state index in [0.717, 1.165) is 33.6 Å². The van der Waals surface area contributed by atoms with Gasteiger partial charge in [-0.3, -0.25) is 4.90 Å². The molecule has 1 saturated heterocycles. The van der Waals surface area contributed by atoms with E-state index >= 15 is 0 Å². The van der Waals surface area contributed by atoms with Crippen molar-refractivity contribution in [1.29, 1.82) is 0 Å². The molecule has 114 valence electrons. The second kappa shape index (κ2) is 6.48. The van der Waals surface area contributed by atoms with Gasteiger partial charge in [-0.15, -0.1) is 11.3 Å². The maximum Gasteiger partial charge on any atom is 0.181 e. The predicted octanol–water partition coefficient (Wildman–Crippen LogP) is 3.65. The van der Waals surface area contributed by atoms with Crippen molar-refractivity contribution in [2.75, 3.05) is 13.2 Å². The SMILES string of the molecule is CC1CCCN(Cc2cnoc2-c2ccc(Cl)s2)C1CO. The summed E-state index contributed by atoms with van der Waals surface area (Å²) < 4.78 is 6.16. The van der Waals surface area contributed by atoms with Crippen LogP contribution in [0.15, 0.2) is 22.9 Å². The molecule has 1 fully saturated rings. The van der Waals surface area contributed by atoms with Gasteiger partial charge in [0.1, 0.15) is 0 Å². The van der Waals surface area contributed by atoms with Crippen molar-refractivity contribution in [3.05, 3.63) is 28.2 Å². The third kappa shape index (κ3) is 3.16. The van der Waals surface area contributed by atoms with Crippen molar-refractivity contribution in [1.82, 2.24) is 10.1 Å². The highest BCUT2D eigenvalue weighted by molar-refractivity contribution is 7.19. The van der Waals surface area contributed by atoms with Gasteiger partial charge >= 0.3 is 0 Å². The Bertz CT molecular complexity index is 598. The monoisotopic (exact) mass is 326 g/mol. The van der Waals surface area contributed by atoms with E-state index < -0.39 is 0 Å². The summed E-state index contributed by atoms with van der Waals surface area (Å²) in [5.41, 5.74) is 1.06. The van der Waals surface area contributed by atoms with Gasteiger partial charge in [-0.1, -0.05) is 23.7 Å². The Morgan fingerprint density at radius 3 is 3.10 bits per heavy atom. The molecule has 0 radical (unpaired) electrons. The number of piperidine rings is 1. The highest BCUT2D eigenvalue weighted by Crippen LogP contribution is 2.34. The molecule has 0 amide bonds. The van der Waals surface area contributed by atoms with Crippen molar-refractivity contribution in [2.45, 2.75) is 32.4 Å². The van der Waals surface area contributed by atoms with E-state index in [1.54, 1.807) is 6.20 Å². The summed E-state index contributed by atoms with van der Waals surface area (Å²) >= 11 is 7.49. The molecule has 0 spiro atoms. The molecule has 2 atom stereocenters. The van der Waals surface area contributed by atoms with Gasteiger partial charge < -0.3 is 9.63 Å². The number of aliphatic hydroxyl groups excluding tert-OH is 1. The van der Waals surface area contributed by atoms with E-state index in [1.807, 2.05) is 12.1 Å². The summed E-state index contributed by atoms with van der Waals surface area (Å²) in [5.74, 6) is 1.31. The minimum absolute atomic E-state index is 0.201. The third-order valence-electron chi connectivity index (χ3n) is 4.23. The number of halogens is 1. The molecule has 0 aromatic carbocycles. The van der Waals surface area contributed by atoms with Crippen LogP contribution in [0, 0.1) is 5.92 Å². The lowest BCUT2D eigenvalue weighted by Crippen LogP contribution is -2.45. The molecule has 2 aromatic heterocycles. The van der Waals surface area contributed by atoms with Crippen LogP contribution in [0.3, 0.4) is 0 Å². The number of nitrogens with zero attached hydrogens (tertiary/aromatic N) is 2. The van der Waals surface area contributed by atoms with Crippen molar-refractivity contribution in [3.8, 4) is 10.6 Å². The van der Waals surface area contributed by atoms with Crippen molar-refractivity contribution in [3.63, 3.8) is 0 Å². The number of aromatic nitrogens is 1. The first kappa shape index (κ1) is 15.0. The van der Waals surface area contributed by atoms with Crippen LogP contribution in [0.1, 0.15) is 25.3 Å². The van der Waals surface area contributed by atoms with Gasteiger partial charge in [-0.05, 0) is 37.4 Å². The second-order valence-electron chi connectivity index (χ2n) is 5.62. The van der Waals surface area contributed by atoms with Crippen molar-refractivity contribution in [2.24, 2.45) is 5.92 Å². The van der Waals surface area contributed by atoms with E-state index in [4.69, 9.17) is 16.1 Å². The van der Waals surface area contributed by atoms with Crippen LogP contribution < -0.4 is 0 Å². The summed E-state index contributed by atoms with van der Waals surface area (Å²) in [6, 6.07) is 4.04. The Morgan fingerprint density at radius 1 is 1.52 bits per heavy atom. The van der Waals surface area contributed by atoms with Gasteiger partial charge in [0.05, 0.1) is 22.0 Å². The number of hydrogen-bond donors (Lipinski definition) is 1.